The van der Waals surface area contributed by atoms with E-state index in [2.05, 4.69) is 22.5 Å². The second-order valence-corrected chi connectivity index (χ2v) is 4.96. The molecule has 1 aromatic carbocycles. The number of nitrogens with two attached hydrogens (primary N) is 1. The molecule has 0 aliphatic heterocycles. The predicted molar refractivity (Wildman–Crippen MR) is 67.1 cm³/mol. The van der Waals surface area contributed by atoms with Crippen LogP contribution in [0.1, 0.15) is 21.5 Å². The van der Waals surface area contributed by atoms with Crippen LogP contribution >= 0.6 is 11.3 Å². The van der Waals surface area contributed by atoms with Crippen LogP contribution in [0.3, 0.4) is 0 Å². The minimum Gasteiger partial charge on any atom is -0.271 e. The van der Waals surface area contributed by atoms with Crippen LogP contribution < -0.4 is 11.3 Å². The standard InChI is InChI=1S/C12H15N3S/c1-9-14-8-12(16-9)11(15-13)7-10-5-3-2-4-6-10/h2-6,8,11,15H,7,13H2,1H3. The van der Waals surface area contributed by atoms with E-state index in [9.17, 15) is 0 Å². The molecule has 84 valence electrons. The number of rotatable bonds is 4. The van der Waals surface area contributed by atoms with Crippen LogP contribution in [0, 0.1) is 6.92 Å². The summed E-state index contributed by atoms with van der Waals surface area (Å²) in [6.07, 6.45) is 2.78. The first kappa shape index (κ1) is 11.3. The molecule has 0 aliphatic rings. The monoisotopic (exact) mass is 233 g/mol. The Morgan fingerprint density at radius 3 is 2.69 bits per heavy atom. The van der Waals surface area contributed by atoms with Gasteiger partial charge in [-0.3, -0.25) is 11.3 Å². The van der Waals surface area contributed by atoms with E-state index >= 15 is 0 Å². The molecule has 0 amide bonds. The SMILES string of the molecule is Cc1ncc(C(Cc2ccccc2)NN)s1. The van der Waals surface area contributed by atoms with Gasteiger partial charge in [0.05, 0.1) is 11.0 Å². The summed E-state index contributed by atoms with van der Waals surface area (Å²) in [6.45, 7) is 2.00. The maximum Gasteiger partial charge on any atom is 0.0897 e. The third-order valence-electron chi connectivity index (χ3n) is 2.47. The lowest BCUT2D eigenvalue weighted by atomic mass is 10.1. The number of hydrogen-bond donors (Lipinski definition) is 2. The van der Waals surface area contributed by atoms with Crippen molar-refractivity contribution in [3.63, 3.8) is 0 Å². The molecule has 1 aromatic heterocycles. The predicted octanol–water partition coefficient (Wildman–Crippen LogP) is 2.20. The van der Waals surface area contributed by atoms with E-state index < -0.39 is 0 Å². The van der Waals surface area contributed by atoms with Gasteiger partial charge in [0.1, 0.15) is 0 Å². The lowest BCUT2D eigenvalue weighted by Gasteiger charge is -2.13. The summed E-state index contributed by atoms with van der Waals surface area (Å²) in [4.78, 5) is 5.43. The number of benzene rings is 1. The fourth-order valence-corrected chi connectivity index (χ4v) is 2.48. The molecule has 0 bridgehead atoms. The van der Waals surface area contributed by atoms with Crippen molar-refractivity contribution in [1.29, 1.82) is 0 Å². The zero-order valence-corrected chi connectivity index (χ0v) is 10.00. The molecule has 2 aromatic rings. The Balaban J connectivity index is 2.12. The molecule has 16 heavy (non-hydrogen) atoms. The third kappa shape index (κ3) is 2.66. The number of hydrazine groups is 1. The van der Waals surface area contributed by atoms with Gasteiger partial charge in [0.15, 0.2) is 0 Å². The van der Waals surface area contributed by atoms with Crippen molar-refractivity contribution in [2.45, 2.75) is 19.4 Å². The molecule has 4 heteroatoms. The number of aromatic nitrogens is 1. The van der Waals surface area contributed by atoms with Gasteiger partial charge in [-0.15, -0.1) is 11.3 Å². The van der Waals surface area contributed by atoms with Crippen molar-refractivity contribution < 1.29 is 0 Å². The Kier molecular flexibility index (Phi) is 3.66. The van der Waals surface area contributed by atoms with Crippen molar-refractivity contribution in [1.82, 2.24) is 10.4 Å². The van der Waals surface area contributed by atoms with Gasteiger partial charge in [0.25, 0.3) is 0 Å². The zero-order chi connectivity index (χ0) is 11.4. The van der Waals surface area contributed by atoms with E-state index in [1.807, 2.05) is 31.3 Å². The second-order valence-electron chi connectivity index (χ2n) is 3.69. The van der Waals surface area contributed by atoms with E-state index in [1.54, 1.807) is 11.3 Å². The average molecular weight is 233 g/mol. The quantitative estimate of drug-likeness (QED) is 0.629. The Bertz CT molecular complexity index is 439. The van der Waals surface area contributed by atoms with E-state index in [0.717, 1.165) is 11.4 Å². The minimum atomic E-state index is 0.147. The Labute approximate surface area is 99.3 Å². The fourth-order valence-electron chi connectivity index (χ4n) is 1.63. The summed E-state index contributed by atoms with van der Waals surface area (Å²) in [5.41, 5.74) is 4.13. The molecule has 0 spiro atoms. The maximum absolute atomic E-state index is 5.59. The third-order valence-corrected chi connectivity index (χ3v) is 3.49. The summed E-state index contributed by atoms with van der Waals surface area (Å²) in [5.74, 6) is 5.59. The first-order valence-electron chi connectivity index (χ1n) is 5.22. The van der Waals surface area contributed by atoms with Gasteiger partial charge in [-0.2, -0.15) is 0 Å². The van der Waals surface area contributed by atoms with Crippen molar-refractivity contribution in [2.24, 2.45) is 5.84 Å². The summed E-state index contributed by atoms with van der Waals surface area (Å²) in [7, 11) is 0. The molecule has 1 unspecified atom stereocenters. The molecule has 1 atom stereocenters. The zero-order valence-electron chi connectivity index (χ0n) is 9.18. The highest BCUT2D eigenvalue weighted by molar-refractivity contribution is 7.11. The van der Waals surface area contributed by atoms with Crippen LogP contribution in [0.5, 0.6) is 0 Å². The van der Waals surface area contributed by atoms with E-state index in [1.165, 1.54) is 10.4 Å². The maximum atomic E-state index is 5.59. The number of aryl methyl sites for hydroxylation is 1. The normalized spacial score (nSPS) is 12.6. The number of thiazole rings is 1. The van der Waals surface area contributed by atoms with Crippen molar-refractivity contribution in [3.8, 4) is 0 Å². The van der Waals surface area contributed by atoms with Crippen molar-refractivity contribution in [3.05, 3.63) is 52.0 Å². The molecule has 1 heterocycles. The van der Waals surface area contributed by atoms with Crippen LogP contribution in [-0.4, -0.2) is 4.98 Å². The van der Waals surface area contributed by atoms with Gasteiger partial charge in [-0.1, -0.05) is 30.3 Å². The number of hydrogen-bond acceptors (Lipinski definition) is 4. The molecule has 2 rings (SSSR count). The van der Waals surface area contributed by atoms with Crippen LogP contribution in [0.2, 0.25) is 0 Å². The lowest BCUT2D eigenvalue weighted by Crippen LogP contribution is -2.28. The van der Waals surface area contributed by atoms with Crippen molar-refractivity contribution in [2.75, 3.05) is 0 Å². The highest BCUT2D eigenvalue weighted by Crippen LogP contribution is 2.23. The smallest absolute Gasteiger partial charge is 0.0897 e. The number of nitrogens with one attached hydrogen (secondary N) is 1. The van der Waals surface area contributed by atoms with Gasteiger partial charge in [0, 0.05) is 11.1 Å². The van der Waals surface area contributed by atoms with Crippen molar-refractivity contribution >= 4 is 11.3 Å². The Morgan fingerprint density at radius 1 is 1.38 bits per heavy atom. The fraction of sp³-hybridized carbons (Fsp3) is 0.250. The minimum absolute atomic E-state index is 0.147. The first-order valence-corrected chi connectivity index (χ1v) is 6.03. The molecule has 3 N–H and O–H groups in total. The first-order chi connectivity index (χ1) is 7.79. The molecule has 0 saturated heterocycles. The summed E-state index contributed by atoms with van der Waals surface area (Å²) in [6, 6.07) is 10.5. The summed E-state index contributed by atoms with van der Waals surface area (Å²) in [5, 5.41) is 1.07. The number of nitrogens with zero attached hydrogens (tertiary/aromatic N) is 1. The highest BCUT2D eigenvalue weighted by atomic mass is 32.1. The van der Waals surface area contributed by atoms with E-state index in [-0.39, 0.29) is 6.04 Å². The second kappa shape index (κ2) is 5.21. The van der Waals surface area contributed by atoms with Gasteiger partial charge in [-0.25, -0.2) is 4.98 Å². The van der Waals surface area contributed by atoms with Crippen LogP contribution in [0.4, 0.5) is 0 Å². The van der Waals surface area contributed by atoms with Gasteiger partial charge >= 0.3 is 0 Å². The van der Waals surface area contributed by atoms with Crippen LogP contribution in [-0.2, 0) is 6.42 Å². The Morgan fingerprint density at radius 2 is 2.12 bits per heavy atom. The van der Waals surface area contributed by atoms with Gasteiger partial charge in [-0.05, 0) is 18.9 Å². The molecule has 3 nitrogen and oxygen atoms in total. The molecular weight excluding hydrogens is 218 g/mol. The summed E-state index contributed by atoms with van der Waals surface area (Å²) < 4.78 is 0. The van der Waals surface area contributed by atoms with Gasteiger partial charge in [0.2, 0.25) is 0 Å². The largest absolute Gasteiger partial charge is 0.271 e. The topological polar surface area (TPSA) is 50.9 Å². The molecular formula is C12H15N3S. The van der Waals surface area contributed by atoms with Gasteiger partial charge < -0.3 is 0 Å². The molecule has 0 saturated carbocycles. The van der Waals surface area contributed by atoms with E-state index in [0.29, 0.717) is 0 Å². The summed E-state index contributed by atoms with van der Waals surface area (Å²) >= 11 is 1.69. The highest BCUT2D eigenvalue weighted by Gasteiger charge is 2.12. The molecule has 0 radical (unpaired) electrons. The Hall–Kier alpha value is -1.23. The van der Waals surface area contributed by atoms with Crippen LogP contribution in [0.25, 0.3) is 0 Å². The lowest BCUT2D eigenvalue weighted by molar-refractivity contribution is 0.560. The van der Waals surface area contributed by atoms with Crippen LogP contribution in [0.15, 0.2) is 36.5 Å². The van der Waals surface area contributed by atoms with E-state index in [4.69, 9.17) is 5.84 Å². The molecule has 0 fully saturated rings. The molecule has 0 aliphatic carbocycles. The average Bonchev–Trinajstić information content (AvgIpc) is 2.74.